The van der Waals surface area contributed by atoms with Crippen LogP contribution in [0.2, 0.25) is 0 Å². The van der Waals surface area contributed by atoms with Gasteiger partial charge in [-0.3, -0.25) is 4.90 Å². The Morgan fingerprint density at radius 3 is 2.68 bits per heavy atom. The number of morpholine rings is 1. The van der Waals surface area contributed by atoms with Crippen LogP contribution in [-0.2, 0) is 11.3 Å². The molecule has 1 fully saturated rings. The second-order valence-electron chi connectivity index (χ2n) is 7.17. The fraction of sp³-hybridized carbons (Fsp3) is 0.409. The van der Waals surface area contributed by atoms with Gasteiger partial charge in [0.1, 0.15) is 0 Å². The highest BCUT2D eigenvalue weighted by atomic mass is 32.1. The summed E-state index contributed by atoms with van der Waals surface area (Å²) in [6, 6.07) is 10.7. The number of benzene rings is 1. The van der Waals surface area contributed by atoms with Gasteiger partial charge in [-0.25, -0.2) is 4.99 Å². The molecule has 4 nitrogen and oxygen atoms in total. The van der Waals surface area contributed by atoms with E-state index in [9.17, 15) is 0 Å². The van der Waals surface area contributed by atoms with Crippen molar-refractivity contribution >= 4 is 28.4 Å². The summed E-state index contributed by atoms with van der Waals surface area (Å²) in [5.41, 5.74) is 4.90. The Balaban J connectivity index is 1.62. The molecule has 1 aliphatic heterocycles. The van der Waals surface area contributed by atoms with E-state index in [0.29, 0.717) is 0 Å². The maximum atomic E-state index is 5.47. The summed E-state index contributed by atoms with van der Waals surface area (Å²) < 4.78 is 7.87. The predicted molar refractivity (Wildman–Crippen MR) is 119 cm³/mol. The van der Waals surface area contributed by atoms with Crippen molar-refractivity contribution in [2.24, 2.45) is 4.99 Å². The average Bonchev–Trinajstić information content (AvgIpc) is 3.37. The van der Waals surface area contributed by atoms with Crippen LogP contribution < -0.4 is 4.80 Å². The fourth-order valence-electron chi connectivity index (χ4n) is 3.49. The van der Waals surface area contributed by atoms with E-state index in [4.69, 9.17) is 9.73 Å². The molecule has 3 aromatic rings. The van der Waals surface area contributed by atoms with Crippen LogP contribution in [0.5, 0.6) is 0 Å². The van der Waals surface area contributed by atoms with Crippen LogP contribution >= 0.6 is 22.7 Å². The number of aryl methyl sites for hydroxylation is 1. The van der Waals surface area contributed by atoms with Crippen molar-refractivity contribution < 1.29 is 4.74 Å². The van der Waals surface area contributed by atoms with Crippen LogP contribution in [0.4, 0.5) is 5.69 Å². The first kappa shape index (κ1) is 19.6. The smallest absolute Gasteiger partial charge is 0.190 e. The van der Waals surface area contributed by atoms with Gasteiger partial charge < -0.3 is 9.30 Å². The van der Waals surface area contributed by atoms with Crippen LogP contribution in [0.1, 0.15) is 17.5 Å². The van der Waals surface area contributed by atoms with Crippen molar-refractivity contribution in [3.63, 3.8) is 0 Å². The predicted octanol–water partition coefficient (Wildman–Crippen LogP) is 4.85. The minimum absolute atomic E-state index is 0.860. The minimum atomic E-state index is 0.860. The SMILES string of the molecule is Cc1cccc(N=c2scc(-c3cccs3)n2CCCN2CCOCC2)c1C. The molecular formula is C22H27N3OS2. The molecule has 0 spiro atoms. The van der Waals surface area contributed by atoms with E-state index in [1.165, 1.54) is 21.7 Å². The molecule has 0 bridgehead atoms. The zero-order valence-electron chi connectivity index (χ0n) is 16.6. The van der Waals surface area contributed by atoms with E-state index in [2.05, 4.69) is 64.4 Å². The molecule has 0 atom stereocenters. The number of aromatic nitrogens is 1. The first-order chi connectivity index (χ1) is 13.7. The maximum Gasteiger partial charge on any atom is 0.190 e. The number of nitrogens with zero attached hydrogens (tertiary/aromatic N) is 3. The number of hydrogen-bond donors (Lipinski definition) is 0. The van der Waals surface area contributed by atoms with Crippen molar-refractivity contribution in [2.45, 2.75) is 26.8 Å². The highest BCUT2D eigenvalue weighted by molar-refractivity contribution is 7.14. The Hall–Kier alpha value is -1.73. The van der Waals surface area contributed by atoms with E-state index >= 15 is 0 Å². The van der Waals surface area contributed by atoms with Gasteiger partial charge in [0.05, 0.1) is 29.5 Å². The van der Waals surface area contributed by atoms with Gasteiger partial charge in [-0.1, -0.05) is 18.2 Å². The van der Waals surface area contributed by atoms with Gasteiger partial charge in [0.2, 0.25) is 0 Å². The number of hydrogen-bond acceptors (Lipinski definition) is 5. The molecule has 0 amide bonds. The summed E-state index contributed by atoms with van der Waals surface area (Å²) in [5, 5.41) is 4.40. The van der Waals surface area contributed by atoms with Crippen molar-refractivity contribution in [1.82, 2.24) is 9.47 Å². The molecule has 1 saturated heterocycles. The summed E-state index contributed by atoms with van der Waals surface area (Å²) in [5.74, 6) is 0. The summed E-state index contributed by atoms with van der Waals surface area (Å²) >= 11 is 3.53. The monoisotopic (exact) mass is 413 g/mol. The Morgan fingerprint density at radius 1 is 1.04 bits per heavy atom. The van der Waals surface area contributed by atoms with Crippen molar-refractivity contribution in [1.29, 1.82) is 0 Å². The molecule has 0 N–H and O–H groups in total. The third-order valence-corrected chi connectivity index (χ3v) is 7.08. The number of rotatable bonds is 6. The number of ether oxygens (including phenoxy) is 1. The molecule has 0 aliphatic carbocycles. The summed E-state index contributed by atoms with van der Waals surface area (Å²) in [7, 11) is 0. The van der Waals surface area contributed by atoms with Crippen molar-refractivity contribution in [3.8, 4) is 10.6 Å². The summed E-state index contributed by atoms with van der Waals surface area (Å²) in [6.07, 6.45) is 1.12. The second kappa shape index (κ2) is 9.18. The molecule has 28 heavy (non-hydrogen) atoms. The summed E-state index contributed by atoms with van der Waals surface area (Å²) in [4.78, 5) is 9.95. The summed E-state index contributed by atoms with van der Waals surface area (Å²) in [6.45, 7) is 10.2. The number of thiazole rings is 1. The van der Waals surface area contributed by atoms with Gasteiger partial charge in [-0.05, 0) is 48.9 Å². The van der Waals surface area contributed by atoms with Crippen LogP contribution in [-0.4, -0.2) is 42.3 Å². The molecule has 4 rings (SSSR count). The zero-order valence-corrected chi connectivity index (χ0v) is 18.2. The van der Waals surface area contributed by atoms with E-state index in [1.54, 1.807) is 22.7 Å². The molecule has 6 heteroatoms. The van der Waals surface area contributed by atoms with Gasteiger partial charge >= 0.3 is 0 Å². The van der Waals surface area contributed by atoms with Gasteiger partial charge in [0.25, 0.3) is 0 Å². The highest BCUT2D eigenvalue weighted by Gasteiger charge is 2.12. The molecule has 0 saturated carbocycles. The lowest BCUT2D eigenvalue weighted by molar-refractivity contribution is 0.0369. The lowest BCUT2D eigenvalue weighted by Crippen LogP contribution is -2.37. The van der Waals surface area contributed by atoms with Crippen LogP contribution in [0.3, 0.4) is 0 Å². The van der Waals surface area contributed by atoms with Gasteiger partial charge in [-0.2, -0.15) is 0 Å². The molecule has 3 heterocycles. The Labute approximate surface area is 174 Å². The van der Waals surface area contributed by atoms with E-state index < -0.39 is 0 Å². The van der Waals surface area contributed by atoms with E-state index in [1.807, 2.05) is 0 Å². The normalized spacial score (nSPS) is 16.0. The Morgan fingerprint density at radius 2 is 1.89 bits per heavy atom. The molecule has 2 aromatic heterocycles. The fourth-order valence-corrected chi connectivity index (χ4v) is 5.26. The van der Waals surface area contributed by atoms with Crippen molar-refractivity contribution in [3.05, 3.63) is 57.0 Å². The molecule has 1 aromatic carbocycles. The van der Waals surface area contributed by atoms with Gasteiger partial charge in [0.15, 0.2) is 4.80 Å². The highest BCUT2D eigenvalue weighted by Crippen LogP contribution is 2.26. The molecule has 1 aliphatic rings. The van der Waals surface area contributed by atoms with Crippen LogP contribution in [0, 0.1) is 13.8 Å². The third-order valence-electron chi connectivity index (χ3n) is 5.32. The third kappa shape index (κ3) is 4.46. The van der Waals surface area contributed by atoms with E-state index in [0.717, 1.165) is 56.3 Å². The van der Waals surface area contributed by atoms with Crippen molar-refractivity contribution in [2.75, 3.05) is 32.8 Å². The average molecular weight is 414 g/mol. The molecule has 148 valence electrons. The molecule has 0 radical (unpaired) electrons. The van der Waals surface area contributed by atoms with Gasteiger partial charge in [0, 0.05) is 31.6 Å². The van der Waals surface area contributed by atoms with Crippen LogP contribution in [0.25, 0.3) is 10.6 Å². The van der Waals surface area contributed by atoms with E-state index in [-0.39, 0.29) is 0 Å². The minimum Gasteiger partial charge on any atom is -0.379 e. The number of thiophene rings is 1. The Kier molecular flexibility index (Phi) is 6.42. The zero-order chi connectivity index (χ0) is 19.3. The first-order valence-electron chi connectivity index (χ1n) is 9.85. The van der Waals surface area contributed by atoms with Crippen LogP contribution in [0.15, 0.2) is 46.1 Å². The molecule has 0 unspecified atom stereocenters. The first-order valence-corrected chi connectivity index (χ1v) is 11.6. The Bertz CT molecular complexity index is 966. The van der Waals surface area contributed by atoms with Gasteiger partial charge in [-0.15, -0.1) is 22.7 Å². The lowest BCUT2D eigenvalue weighted by atomic mass is 10.1. The lowest BCUT2D eigenvalue weighted by Gasteiger charge is -2.26. The quantitative estimate of drug-likeness (QED) is 0.578. The topological polar surface area (TPSA) is 29.8 Å². The standard InChI is InChI=1S/C22H27N3OS2/c1-17-6-3-7-19(18(17)2)23-22-25(10-5-9-24-11-13-26-14-12-24)20(16-28-22)21-8-4-15-27-21/h3-4,6-8,15-16H,5,9-14H2,1-2H3. The molecular weight excluding hydrogens is 386 g/mol. The largest absolute Gasteiger partial charge is 0.379 e. The maximum absolute atomic E-state index is 5.47. The second-order valence-corrected chi connectivity index (χ2v) is 8.96.